The molecule has 0 spiro atoms. The zero-order valence-corrected chi connectivity index (χ0v) is 12.2. The van der Waals surface area contributed by atoms with Gasteiger partial charge in [0.15, 0.2) is 0 Å². The smallest absolute Gasteiger partial charge is 0.303 e. The van der Waals surface area contributed by atoms with Gasteiger partial charge in [-0.25, -0.2) is 0 Å². The highest BCUT2D eigenvalue weighted by Gasteiger charge is 2.07. The van der Waals surface area contributed by atoms with Gasteiger partial charge in [-0.05, 0) is 25.8 Å². The first-order valence-corrected chi connectivity index (χ1v) is 7.61. The van der Waals surface area contributed by atoms with E-state index >= 15 is 0 Å². The van der Waals surface area contributed by atoms with E-state index in [0.717, 1.165) is 19.3 Å². The predicted molar refractivity (Wildman–Crippen MR) is 77.3 cm³/mol. The van der Waals surface area contributed by atoms with Crippen molar-refractivity contribution in [3.05, 3.63) is 0 Å². The number of hydrogen-bond acceptors (Lipinski definition) is 3. The number of carboxylic acids is 1. The van der Waals surface area contributed by atoms with E-state index < -0.39 is 5.97 Å². The van der Waals surface area contributed by atoms with Gasteiger partial charge in [-0.15, -0.1) is 0 Å². The summed E-state index contributed by atoms with van der Waals surface area (Å²) >= 11 is 0. The molecular formula is C15H29NO3. The highest BCUT2D eigenvalue weighted by molar-refractivity contribution is 5.66. The number of rotatable bonds is 14. The second-order valence-electron chi connectivity index (χ2n) is 5.10. The molecule has 0 fully saturated rings. The highest BCUT2D eigenvalue weighted by atomic mass is 16.4. The molecule has 0 aliphatic rings. The topological polar surface area (TPSA) is 66.4 Å². The van der Waals surface area contributed by atoms with Crippen molar-refractivity contribution in [3.63, 3.8) is 0 Å². The van der Waals surface area contributed by atoms with E-state index in [9.17, 15) is 9.59 Å². The first kappa shape index (κ1) is 18.1. The summed E-state index contributed by atoms with van der Waals surface area (Å²) in [4.78, 5) is 21.2. The number of carboxylic acid groups (broad SMARTS) is 1. The molecule has 0 rings (SSSR count). The van der Waals surface area contributed by atoms with Gasteiger partial charge < -0.3 is 15.2 Å². The lowest BCUT2D eigenvalue weighted by Crippen LogP contribution is -2.31. The molecule has 19 heavy (non-hydrogen) atoms. The van der Waals surface area contributed by atoms with Gasteiger partial charge in [0.05, 0.1) is 6.04 Å². The number of aldehydes is 1. The van der Waals surface area contributed by atoms with Crippen LogP contribution < -0.4 is 5.32 Å². The fraction of sp³-hybridized carbons (Fsp3) is 0.867. The van der Waals surface area contributed by atoms with Gasteiger partial charge in [0.2, 0.25) is 0 Å². The summed E-state index contributed by atoms with van der Waals surface area (Å²) in [5, 5.41) is 11.7. The number of aliphatic carboxylic acids is 1. The first-order chi connectivity index (χ1) is 9.20. The second kappa shape index (κ2) is 13.5. The highest BCUT2D eigenvalue weighted by Crippen LogP contribution is 2.06. The Bertz CT molecular complexity index is 231. The van der Waals surface area contributed by atoms with Crippen LogP contribution in [0.15, 0.2) is 0 Å². The number of unbranched alkanes of at least 4 members (excludes halogenated alkanes) is 6. The third-order valence-corrected chi connectivity index (χ3v) is 3.26. The van der Waals surface area contributed by atoms with E-state index in [4.69, 9.17) is 5.11 Å². The van der Waals surface area contributed by atoms with Crippen LogP contribution in [0.3, 0.4) is 0 Å². The molecule has 112 valence electrons. The Morgan fingerprint density at radius 2 is 1.74 bits per heavy atom. The molecule has 0 heterocycles. The van der Waals surface area contributed by atoms with Crippen LogP contribution in [0, 0.1) is 0 Å². The molecule has 2 N–H and O–H groups in total. The lowest BCUT2D eigenvalue weighted by molar-refractivity contribution is -0.137. The molecule has 1 atom stereocenters. The zero-order valence-electron chi connectivity index (χ0n) is 12.2. The molecule has 0 aliphatic carbocycles. The monoisotopic (exact) mass is 271 g/mol. The molecule has 4 heteroatoms. The quantitative estimate of drug-likeness (QED) is 0.376. The summed E-state index contributed by atoms with van der Waals surface area (Å²) in [6, 6.07) is -0.181. The molecule has 1 unspecified atom stereocenters. The molecule has 0 amide bonds. The number of carbonyl (C=O) groups excluding carboxylic acids is 1. The first-order valence-electron chi connectivity index (χ1n) is 7.61. The summed E-state index contributed by atoms with van der Waals surface area (Å²) in [6.07, 6.45) is 11.0. The maximum atomic E-state index is 10.8. The molecule has 0 radical (unpaired) electrons. The molecule has 0 aromatic carbocycles. The minimum atomic E-state index is -0.795. The largest absolute Gasteiger partial charge is 0.481 e. The normalized spacial score (nSPS) is 12.3. The van der Waals surface area contributed by atoms with Crippen LogP contribution in [0.25, 0.3) is 0 Å². The van der Waals surface area contributed by atoms with Crippen molar-refractivity contribution in [1.29, 1.82) is 0 Å². The van der Waals surface area contributed by atoms with Crippen molar-refractivity contribution in [2.75, 3.05) is 6.54 Å². The molecule has 0 saturated carbocycles. The van der Waals surface area contributed by atoms with Crippen LogP contribution in [-0.2, 0) is 9.59 Å². The number of carbonyl (C=O) groups is 2. The molecule has 0 bridgehead atoms. The van der Waals surface area contributed by atoms with Crippen LogP contribution in [0.5, 0.6) is 0 Å². The Labute approximate surface area is 117 Å². The van der Waals surface area contributed by atoms with Gasteiger partial charge in [0, 0.05) is 6.42 Å². The molecular weight excluding hydrogens is 242 g/mol. The van der Waals surface area contributed by atoms with E-state index in [1.807, 2.05) is 0 Å². The van der Waals surface area contributed by atoms with E-state index in [-0.39, 0.29) is 12.5 Å². The predicted octanol–water partition coefficient (Wildman–Crippen LogP) is 3.15. The lowest BCUT2D eigenvalue weighted by atomic mass is 10.1. The van der Waals surface area contributed by atoms with Gasteiger partial charge in [-0.1, -0.05) is 45.4 Å². The Morgan fingerprint density at radius 3 is 2.32 bits per heavy atom. The average molecular weight is 271 g/mol. The van der Waals surface area contributed by atoms with Crippen molar-refractivity contribution in [1.82, 2.24) is 5.32 Å². The minimum absolute atomic E-state index is 0.142. The van der Waals surface area contributed by atoms with Gasteiger partial charge >= 0.3 is 5.97 Å². The third-order valence-electron chi connectivity index (χ3n) is 3.26. The standard InChI is InChI=1S/C15H29NO3/c1-2-3-4-5-6-7-8-12-16-14(13-17)10-9-11-15(18)19/h13-14,16H,2-12H2,1H3,(H,18,19). The maximum absolute atomic E-state index is 10.8. The fourth-order valence-electron chi connectivity index (χ4n) is 2.06. The second-order valence-corrected chi connectivity index (χ2v) is 5.10. The van der Waals surface area contributed by atoms with Gasteiger partial charge in [-0.2, -0.15) is 0 Å². The average Bonchev–Trinajstić information content (AvgIpc) is 2.39. The SMILES string of the molecule is CCCCCCCCCNC(C=O)CCCC(=O)O. The summed E-state index contributed by atoms with van der Waals surface area (Å²) in [5.41, 5.74) is 0. The summed E-state index contributed by atoms with van der Waals surface area (Å²) < 4.78 is 0. The van der Waals surface area contributed by atoms with Crippen LogP contribution >= 0.6 is 0 Å². The van der Waals surface area contributed by atoms with Crippen LogP contribution in [0.1, 0.15) is 71.1 Å². The Morgan fingerprint density at radius 1 is 1.11 bits per heavy atom. The van der Waals surface area contributed by atoms with Crippen LogP contribution in [-0.4, -0.2) is 29.9 Å². The molecule has 0 aliphatic heterocycles. The summed E-state index contributed by atoms with van der Waals surface area (Å²) in [6.45, 7) is 3.07. The van der Waals surface area contributed by atoms with E-state index in [1.165, 1.54) is 38.5 Å². The van der Waals surface area contributed by atoms with E-state index in [2.05, 4.69) is 12.2 Å². The third kappa shape index (κ3) is 13.3. The molecule has 0 aromatic heterocycles. The molecule has 0 saturated heterocycles. The number of nitrogens with one attached hydrogen (secondary N) is 1. The molecule has 0 aromatic rings. The van der Waals surface area contributed by atoms with E-state index in [1.54, 1.807) is 0 Å². The van der Waals surface area contributed by atoms with Crippen LogP contribution in [0.2, 0.25) is 0 Å². The summed E-state index contributed by atoms with van der Waals surface area (Å²) in [5.74, 6) is -0.795. The van der Waals surface area contributed by atoms with Gasteiger partial charge in [0.25, 0.3) is 0 Å². The molecule has 4 nitrogen and oxygen atoms in total. The van der Waals surface area contributed by atoms with E-state index in [0.29, 0.717) is 12.8 Å². The fourth-order valence-corrected chi connectivity index (χ4v) is 2.06. The lowest BCUT2D eigenvalue weighted by Gasteiger charge is -2.11. The van der Waals surface area contributed by atoms with Crippen molar-refractivity contribution >= 4 is 12.3 Å². The zero-order chi connectivity index (χ0) is 14.3. The Hall–Kier alpha value is -0.900. The van der Waals surface area contributed by atoms with Crippen molar-refractivity contribution in [2.24, 2.45) is 0 Å². The van der Waals surface area contributed by atoms with Crippen molar-refractivity contribution < 1.29 is 14.7 Å². The Balaban J connectivity index is 3.35. The maximum Gasteiger partial charge on any atom is 0.303 e. The van der Waals surface area contributed by atoms with Gasteiger partial charge in [0.1, 0.15) is 6.29 Å². The number of hydrogen-bond donors (Lipinski definition) is 2. The van der Waals surface area contributed by atoms with Crippen molar-refractivity contribution in [3.8, 4) is 0 Å². The van der Waals surface area contributed by atoms with Gasteiger partial charge in [-0.3, -0.25) is 4.79 Å². The van der Waals surface area contributed by atoms with Crippen molar-refractivity contribution in [2.45, 2.75) is 77.2 Å². The van der Waals surface area contributed by atoms with Crippen LogP contribution in [0.4, 0.5) is 0 Å². The minimum Gasteiger partial charge on any atom is -0.481 e. The summed E-state index contributed by atoms with van der Waals surface area (Å²) in [7, 11) is 0. The Kier molecular flexibility index (Phi) is 12.9.